The molecule has 0 saturated carbocycles. The number of halogens is 1. The van der Waals surface area contributed by atoms with Crippen LogP contribution in [0.3, 0.4) is 0 Å². The third-order valence-electron chi connectivity index (χ3n) is 2.01. The van der Waals surface area contributed by atoms with E-state index in [1.165, 1.54) is 0 Å². The van der Waals surface area contributed by atoms with E-state index in [0.29, 0.717) is 0 Å². The van der Waals surface area contributed by atoms with Crippen LogP contribution in [-0.2, 0) is 0 Å². The van der Waals surface area contributed by atoms with Gasteiger partial charge in [0.25, 0.3) is 0 Å². The number of benzene rings is 1. The lowest BCUT2D eigenvalue weighted by Gasteiger charge is -1.97. The Morgan fingerprint density at radius 1 is 1.46 bits per heavy atom. The molecule has 0 radical (unpaired) electrons. The first-order chi connectivity index (χ1) is 6.22. The number of rotatable bonds is 1. The van der Waals surface area contributed by atoms with E-state index in [-0.39, 0.29) is 0 Å². The fourth-order valence-corrected chi connectivity index (χ4v) is 2.69. The van der Waals surface area contributed by atoms with Crippen LogP contribution in [0.5, 0.6) is 0 Å². The van der Waals surface area contributed by atoms with Crippen LogP contribution in [0.15, 0.2) is 22.0 Å². The highest BCUT2D eigenvalue weighted by atomic mass is 79.9. The van der Waals surface area contributed by atoms with Gasteiger partial charge in [0.1, 0.15) is 0 Å². The van der Waals surface area contributed by atoms with Gasteiger partial charge in [-0.25, -0.2) is 0 Å². The van der Waals surface area contributed by atoms with Crippen LogP contribution in [0.2, 0.25) is 0 Å². The smallest absolute Gasteiger partial charge is 0.151 e. The van der Waals surface area contributed by atoms with Crippen LogP contribution < -0.4 is 0 Å². The maximum atomic E-state index is 10.7. The summed E-state index contributed by atoms with van der Waals surface area (Å²) < 4.78 is 2.25. The molecule has 0 aliphatic carbocycles. The minimum Gasteiger partial charge on any atom is -0.298 e. The average Bonchev–Trinajstić information content (AvgIpc) is 2.48. The third-order valence-corrected chi connectivity index (χ3v) is 3.83. The van der Waals surface area contributed by atoms with E-state index >= 15 is 0 Å². The van der Waals surface area contributed by atoms with Crippen molar-refractivity contribution in [1.82, 2.24) is 0 Å². The molecule has 0 bridgehead atoms. The molecular weight excluding hydrogens is 248 g/mol. The summed E-state index contributed by atoms with van der Waals surface area (Å²) in [7, 11) is 0. The number of fused-ring (bicyclic) bond motifs is 1. The second-order valence-electron chi connectivity index (χ2n) is 2.91. The van der Waals surface area contributed by atoms with Crippen molar-refractivity contribution in [3.05, 3.63) is 33.1 Å². The van der Waals surface area contributed by atoms with Gasteiger partial charge < -0.3 is 0 Å². The zero-order valence-electron chi connectivity index (χ0n) is 7.00. The summed E-state index contributed by atoms with van der Waals surface area (Å²) in [6.45, 7) is 2.02. The molecule has 0 amide bonds. The Morgan fingerprint density at radius 2 is 2.23 bits per heavy atom. The van der Waals surface area contributed by atoms with Crippen LogP contribution in [0.1, 0.15) is 15.9 Å². The molecule has 2 aromatic rings. The van der Waals surface area contributed by atoms with Crippen molar-refractivity contribution < 1.29 is 4.79 Å². The molecule has 1 aromatic carbocycles. The second kappa shape index (κ2) is 3.24. The molecule has 0 N–H and O–H groups in total. The predicted molar refractivity (Wildman–Crippen MR) is 59.6 cm³/mol. The summed E-state index contributed by atoms with van der Waals surface area (Å²) in [5, 5.41) is 2.95. The summed E-state index contributed by atoms with van der Waals surface area (Å²) in [6, 6.07) is 4.10. The number of aryl methyl sites for hydroxylation is 1. The monoisotopic (exact) mass is 254 g/mol. The number of hydrogen-bond donors (Lipinski definition) is 0. The Balaban J connectivity index is 2.84. The molecule has 13 heavy (non-hydrogen) atoms. The lowest BCUT2D eigenvalue weighted by Crippen LogP contribution is -1.78. The van der Waals surface area contributed by atoms with Gasteiger partial charge in [-0.2, -0.15) is 0 Å². The zero-order valence-corrected chi connectivity index (χ0v) is 9.41. The van der Waals surface area contributed by atoms with Crippen LogP contribution in [0.4, 0.5) is 0 Å². The Kier molecular flexibility index (Phi) is 2.22. The molecule has 3 heteroatoms. The van der Waals surface area contributed by atoms with Crippen molar-refractivity contribution in [2.75, 3.05) is 0 Å². The van der Waals surface area contributed by atoms with E-state index in [9.17, 15) is 4.79 Å². The van der Waals surface area contributed by atoms with Crippen molar-refractivity contribution in [2.24, 2.45) is 0 Å². The van der Waals surface area contributed by atoms with Gasteiger partial charge >= 0.3 is 0 Å². The number of carbonyl (C=O) groups excluding carboxylic acids is 1. The first-order valence-electron chi connectivity index (χ1n) is 3.85. The summed E-state index contributed by atoms with van der Waals surface area (Å²) in [5.41, 5.74) is 1.95. The van der Waals surface area contributed by atoms with E-state index in [2.05, 4.69) is 22.0 Å². The lowest BCUT2D eigenvalue weighted by molar-refractivity contribution is 0.112. The van der Waals surface area contributed by atoms with Gasteiger partial charge in [0, 0.05) is 25.5 Å². The van der Waals surface area contributed by atoms with E-state index in [4.69, 9.17) is 0 Å². The fourth-order valence-electron chi connectivity index (χ4n) is 1.27. The zero-order chi connectivity index (χ0) is 9.42. The summed E-state index contributed by atoms with van der Waals surface area (Å²) in [6.07, 6.45) is 0.909. The van der Waals surface area contributed by atoms with Crippen molar-refractivity contribution in [3.8, 4) is 0 Å². The summed E-state index contributed by atoms with van der Waals surface area (Å²) in [4.78, 5) is 10.7. The lowest BCUT2D eigenvalue weighted by atomic mass is 10.1. The van der Waals surface area contributed by atoms with Gasteiger partial charge in [-0.05, 0) is 24.6 Å². The van der Waals surface area contributed by atoms with Crippen LogP contribution in [0, 0.1) is 6.92 Å². The number of carbonyl (C=O) groups is 1. The minimum absolute atomic E-state index is 0.788. The van der Waals surface area contributed by atoms with Gasteiger partial charge in [0.05, 0.1) is 0 Å². The number of aldehydes is 1. The highest BCUT2D eigenvalue weighted by molar-refractivity contribution is 9.10. The summed E-state index contributed by atoms with van der Waals surface area (Å²) in [5.74, 6) is 0. The molecule has 0 saturated heterocycles. The largest absolute Gasteiger partial charge is 0.298 e. The predicted octanol–water partition coefficient (Wildman–Crippen LogP) is 3.78. The Bertz CT molecular complexity index is 473. The maximum absolute atomic E-state index is 10.7. The van der Waals surface area contributed by atoms with Gasteiger partial charge in [-0.1, -0.05) is 15.9 Å². The molecule has 0 aliphatic rings. The van der Waals surface area contributed by atoms with Crippen LogP contribution >= 0.6 is 27.3 Å². The molecule has 1 nitrogen and oxygen atoms in total. The van der Waals surface area contributed by atoms with Gasteiger partial charge in [0.2, 0.25) is 0 Å². The van der Waals surface area contributed by atoms with E-state index in [0.717, 1.165) is 32.0 Å². The minimum atomic E-state index is 0.788. The normalized spacial score (nSPS) is 10.6. The van der Waals surface area contributed by atoms with E-state index < -0.39 is 0 Å². The standard InChI is InChI=1S/C10H7BrOS/c1-6-2-8-7(4-12)5-13-10(8)3-9(6)11/h2-5H,1H3. The Morgan fingerprint density at radius 3 is 2.92 bits per heavy atom. The first kappa shape index (κ1) is 8.91. The first-order valence-corrected chi connectivity index (χ1v) is 5.52. The van der Waals surface area contributed by atoms with Crippen LogP contribution in [0.25, 0.3) is 10.1 Å². The molecule has 0 unspecified atom stereocenters. The van der Waals surface area contributed by atoms with Gasteiger partial charge in [0.15, 0.2) is 6.29 Å². The molecular formula is C10H7BrOS. The third kappa shape index (κ3) is 1.42. The van der Waals surface area contributed by atoms with Crippen molar-refractivity contribution in [1.29, 1.82) is 0 Å². The topological polar surface area (TPSA) is 17.1 Å². The van der Waals surface area contributed by atoms with Crippen molar-refractivity contribution in [3.63, 3.8) is 0 Å². The van der Waals surface area contributed by atoms with Crippen molar-refractivity contribution >= 4 is 43.6 Å². The van der Waals surface area contributed by atoms with Crippen LogP contribution in [-0.4, -0.2) is 6.29 Å². The maximum Gasteiger partial charge on any atom is 0.151 e. The van der Waals surface area contributed by atoms with Gasteiger partial charge in [-0.15, -0.1) is 11.3 Å². The molecule has 1 aromatic heterocycles. The number of thiophene rings is 1. The quantitative estimate of drug-likeness (QED) is 0.708. The molecule has 2 rings (SSSR count). The van der Waals surface area contributed by atoms with E-state index in [1.54, 1.807) is 11.3 Å². The molecule has 0 aliphatic heterocycles. The SMILES string of the molecule is Cc1cc2c(C=O)csc2cc1Br. The Hall–Kier alpha value is -0.670. The Labute approximate surface area is 88.5 Å². The van der Waals surface area contributed by atoms with Gasteiger partial charge in [-0.3, -0.25) is 4.79 Å². The molecule has 66 valence electrons. The highest BCUT2D eigenvalue weighted by Crippen LogP contribution is 2.30. The molecule has 0 fully saturated rings. The molecule has 0 spiro atoms. The highest BCUT2D eigenvalue weighted by Gasteiger charge is 2.05. The van der Waals surface area contributed by atoms with Crippen molar-refractivity contribution in [2.45, 2.75) is 6.92 Å². The molecule has 1 heterocycles. The number of hydrogen-bond acceptors (Lipinski definition) is 2. The fraction of sp³-hybridized carbons (Fsp3) is 0.100. The second-order valence-corrected chi connectivity index (χ2v) is 4.67. The average molecular weight is 255 g/mol. The van der Waals surface area contributed by atoms with E-state index in [1.807, 2.05) is 18.4 Å². The molecule has 0 atom stereocenters. The summed E-state index contributed by atoms with van der Waals surface area (Å²) >= 11 is 5.07.